The first-order chi connectivity index (χ1) is 9.17. The summed E-state index contributed by atoms with van der Waals surface area (Å²) in [6.07, 6.45) is 0. The molecule has 0 fully saturated rings. The molecule has 0 aliphatic rings. The van der Waals surface area contributed by atoms with Gasteiger partial charge in [0.25, 0.3) is 0 Å². The van der Waals surface area contributed by atoms with Gasteiger partial charge in [-0.1, -0.05) is 30.3 Å². The highest BCUT2D eigenvalue weighted by Gasteiger charge is 2.14. The average molecular weight is 368 g/mol. The molecule has 0 bridgehead atoms. The Morgan fingerprint density at radius 3 is 2.32 bits per heavy atom. The van der Waals surface area contributed by atoms with Gasteiger partial charge in [-0.3, -0.25) is 0 Å². The molecule has 0 saturated carbocycles. The topological polar surface area (TPSA) is 55.0 Å². The second-order valence-corrected chi connectivity index (χ2v) is 5.19. The van der Waals surface area contributed by atoms with Gasteiger partial charge in [-0.25, -0.2) is 4.98 Å². The highest BCUT2D eigenvalue weighted by molar-refractivity contribution is 14.1. The minimum absolute atomic E-state index is 0.538. The highest BCUT2D eigenvalue weighted by Crippen LogP contribution is 2.28. The molecule has 0 aliphatic heterocycles. The van der Waals surface area contributed by atoms with Crippen LogP contribution in [0.2, 0.25) is 0 Å². The van der Waals surface area contributed by atoms with Crippen LogP contribution in [0.25, 0.3) is 11.3 Å². The fourth-order valence-electron chi connectivity index (χ4n) is 1.89. The Kier molecular flexibility index (Phi) is 4.57. The van der Waals surface area contributed by atoms with E-state index in [4.69, 9.17) is 5.73 Å². The molecule has 0 amide bonds. The van der Waals surface area contributed by atoms with Gasteiger partial charge in [-0.15, -0.1) is 0 Å². The molecule has 0 saturated heterocycles. The van der Waals surface area contributed by atoms with E-state index in [1.165, 1.54) is 0 Å². The van der Waals surface area contributed by atoms with Crippen molar-refractivity contribution in [3.05, 3.63) is 33.9 Å². The third kappa shape index (κ3) is 2.97. The molecule has 1 aromatic heterocycles. The molecule has 0 unspecified atom stereocenters. The summed E-state index contributed by atoms with van der Waals surface area (Å²) >= 11 is 2.20. The van der Waals surface area contributed by atoms with Crippen LogP contribution in [0.15, 0.2) is 30.3 Å². The molecule has 0 aliphatic carbocycles. The highest BCUT2D eigenvalue weighted by atomic mass is 127. The van der Waals surface area contributed by atoms with Crippen LogP contribution in [0, 0.1) is 3.57 Å². The van der Waals surface area contributed by atoms with Crippen LogP contribution in [0.4, 0.5) is 11.8 Å². The van der Waals surface area contributed by atoms with Crippen molar-refractivity contribution in [1.82, 2.24) is 9.97 Å². The zero-order valence-corrected chi connectivity index (χ0v) is 13.3. The Morgan fingerprint density at radius 1 is 1.11 bits per heavy atom. The van der Waals surface area contributed by atoms with Crippen molar-refractivity contribution >= 4 is 34.4 Å². The fraction of sp³-hybridized carbons (Fsp3) is 0.286. The molecule has 0 radical (unpaired) electrons. The first-order valence-corrected chi connectivity index (χ1v) is 7.38. The molecular weight excluding hydrogens is 351 g/mol. The summed E-state index contributed by atoms with van der Waals surface area (Å²) < 4.78 is 0.903. The maximum Gasteiger partial charge on any atom is 0.227 e. The molecular formula is C14H17IN4. The van der Waals surface area contributed by atoms with Crippen LogP contribution in [0.3, 0.4) is 0 Å². The van der Waals surface area contributed by atoms with Gasteiger partial charge < -0.3 is 10.6 Å². The summed E-state index contributed by atoms with van der Waals surface area (Å²) in [5, 5.41) is 0. The lowest BCUT2D eigenvalue weighted by Gasteiger charge is -2.20. The van der Waals surface area contributed by atoms with E-state index < -0.39 is 0 Å². The largest absolute Gasteiger partial charge is 0.383 e. The molecule has 0 spiro atoms. The van der Waals surface area contributed by atoms with Gasteiger partial charge >= 0.3 is 0 Å². The fourth-order valence-corrected chi connectivity index (χ4v) is 2.44. The van der Waals surface area contributed by atoms with Gasteiger partial charge in [0.05, 0.1) is 9.26 Å². The lowest BCUT2D eigenvalue weighted by molar-refractivity contribution is 0.823. The van der Waals surface area contributed by atoms with Crippen molar-refractivity contribution in [1.29, 1.82) is 0 Å². The summed E-state index contributed by atoms with van der Waals surface area (Å²) in [6.45, 7) is 5.90. The van der Waals surface area contributed by atoms with Gasteiger partial charge in [0.15, 0.2) is 0 Å². The Balaban J connectivity index is 2.55. The van der Waals surface area contributed by atoms with E-state index in [1.54, 1.807) is 0 Å². The third-order valence-electron chi connectivity index (χ3n) is 2.96. The number of rotatable bonds is 4. The smallest absolute Gasteiger partial charge is 0.227 e. The van der Waals surface area contributed by atoms with Gasteiger partial charge in [0, 0.05) is 18.7 Å². The lowest BCUT2D eigenvalue weighted by Crippen LogP contribution is -2.25. The summed E-state index contributed by atoms with van der Waals surface area (Å²) in [4.78, 5) is 11.2. The molecule has 2 rings (SSSR count). The van der Waals surface area contributed by atoms with Crippen molar-refractivity contribution in [2.24, 2.45) is 0 Å². The number of nitrogen functional groups attached to an aromatic ring is 1. The summed E-state index contributed by atoms with van der Waals surface area (Å²) in [5.74, 6) is 1.23. The lowest BCUT2D eigenvalue weighted by atomic mass is 10.1. The van der Waals surface area contributed by atoms with E-state index in [0.717, 1.165) is 27.9 Å². The van der Waals surface area contributed by atoms with Crippen molar-refractivity contribution in [3.63, 3.8) is 0 Å². The molecule has 100 valence electrons. The zero-order chi connectivity index (χ0) is 13.8. The molecule has 1 heterocycles. The molecule has 19 heavy (non-hydrogen) atoms. The third-order valence-corrected chi connectivity index (χ3v) is 4.02. The number of hydrogen-bond acceptors (Lipinski definition) is 4. The number of halogens is 1. The minimum atomic E-state index is 0.538. The number of aromatic nitrogens is 2. The van der Waals surface area contributed by atoms with Gasteiger partial charge in [0.1, 0.15) is 5.82 Å². The Hall–Kier alpha value is -1.37. The Morgan fingerprint density at radius 2 is 1.74 bits per heavy atom. The monoisotopic (exact) mass is 368 g/mol. The summed E-state index contributed by atoms with van der Waals surface area (Å²) in [7, 11) is 0. The van der Waals surface area contributed by atoms with Crippen molar-refractivity contribution in [2.75, 3.05) is 23.7 Å². The maximum atomic E-state index is 6.02. The van der Waals surface area contributed by atoms with Crippen molar-refractivity contribution < 1.29 is 0 Å². The summed E-state index contributed by atoms with van der Waals surface area (Å²) in [5.41, 5.74) is 7.98. The molecule has 1 aromatic carbocycles. The van der Waals surface area contributed by atoms with Crippen LogP contribution in [-0.2, 0) is 0 Å². The van der Waals surface area contributed by atoms with Gasteiger partial charge in [-0.05, 0) is 36.4 Å². The van der Waals surface area contributed by atoms with E-state index in [1.807, 2.05) is 30.3 Å². The van der Waals surface area contributed by atoms with E-state index >= 15 is 0 Å². The van der Waals surface area contributed by atoms with Crippen LogP contribution >= 0.6 is 22.6 Å². The second-order valence-electron chi connectivity index (χ2n) is 4.11. The van der Waals surface area contributed by atoms with Crippen LogP contribution in [0.5, 0.6) is 0 Å². The Labute approximate surface area is 127 Å². The van der Waals surface area contributed by atoms with Gasteiger partial charge in [0.2, 0.25) is 5.95 Å². The number of benzene rings is 1. The van der Waals surface area contributed by atoms with E-state index in [-0.39, 0.29) is 0 Å². The quantitative estimate of drug-likeness (QED) is 0.843. The average Bonchev–Trinajstić information content (AvgIpc) is 2.44. The Bertz CT molecular complexity index is 553. The number of nitrogens with two attached hydrogens (primary N) is 1. The van der Waals surface area contributed by atoms with E-state index in [2.05, 4.69) is 51.3 Å². The van der Waals surface area contributed by atoms with E-state index in [0.29, 0.717) is 11.8 Å². The standard InChI is InChI=1S/C14H17IN4/c1-3-19(4-2)14-17-12(11(15)13(16)18-14)10-8-6-5-7-9-10/h5-9H,3-4H2,1-2H3,(H2,16,17,18). The molecule has 2 aromatic rings. The zero-order valence-electron chi connectivity index (χ0n) is 11.1. The maximum absolute atomic E-state index is 6.02. The van der Waals surface area contributed by atoms with Crippen LogP contribution < -0.4 is 10.6 Å². The van der Waals surface area contributed by atoms with Crippen molar-refractivity contribution in [3.8, 4) is 11.3 Å². The van der Waals surface area contributed by atoms with Gasteiger partial charge in [-0.2, -0.15) is 4.98 Å². The minimum Gasteiger partial charge on any atom is -0.383 e. The first-order valence-electron chi connectivity index (χ1n) is 6.30. The second kappa shape index (κ2) is 6.18. The number of hydrogen-bond donors (Lipinski definition) is 1. The predicted molar refractivity (Wildman–Crippen MR) is 88.2 cm³/mol. The van der Waals surface area contributed by atoms with Crippen LogP contribution in [0.1, 0.15) is 13.8 Å². The molecule has 4 nitrogen and oxygen atoms in total. The van der Waals surface area contributed by atoms with Crippen LogP contribution in [-0.4, -0.2) is 23.1 Å². The number of nitrogens with zero attached hydrogens (tertiary/aromatic N) is 3. The first kappa shape index (κ1) is 14.0. The normalized spacial score (nSPS) is 10.5. The van der Waals surface area contributed by atoms with E-state index in [9.17, 15) is 0 Å². The molecule has 2 N–H and O–H groups in total. The SMILES string of the molecule is CCN(CC)c1nc(N)c(I)c(-c2ccccc2)n1. The number of anilines is 2. The predicted octanol–water partition coefficient (Wildman–Crippen LogP) is 3.18. The molecule has 5 heteroatoms. The van der Waals surface area contributed by atoms with Crippen molar-refractivity contribution in [2.45, 2.75) is 13.8 Å². The molecule has 0 atom stereocenters. The summed E-state index contributed by atoms with van der Waals surface area (Å²) in [6, 6.07) is 10.1.